The quantitative estimate of drug-likeness (QED) is 0.0824. The summed E-state index contributed by atoms with van der Waals surface area (Å²) in [7, 11) is 0.255. The number of methoxy groups -OCH3 is 3. The first kappa shape index (κ1) is 54.2. The highest BCUT2D eigenvalue weighted by Crippen LogP contribution is 2.44. The number of rotatable bonds is 18. The molecule has 2 amide bonds. The lowest BCUT2D eigenvalue weighted by molar-refractivity contribution is 0.0486. The van der Waals surface area contributed by atoms with E-state index in [1.165, 1.54) is 15.6 Å². The standard InChI is InChI=1S/C56H66N8O9S2/c1-55(2,3)72-53(65)57-41-24-14-36(15-25-41)13-22-40-23-32-45(46-11-10-12-47-49(46)58-52(74-47)59-54(66)73-56(4,5)6)48(51-60-61-62-64(51)35-39-20-30-44(71-9)31-21-39)50(40)75(67,68)63(33-37-16-26-42(69-7)27-17-37)34-38-18-28-43(70-8)29-19-38/h10-12,16-21,23,26-32,36,41H,13-15,22,24-25,33-35H2,1-9H3,(H,57,65)(H,58,59,66). The van der Waals surface area contributed by atoms with E-state index in [0.29, 0.717) is 63.0 Å². The van der Waals surface area contributed by atoms with Crippen LogP contribution in [0.1, 0.15) is 95.9 Å². The molecule has 75 heavy (non-hydrogen) atoms. The number of benzene rings is 5. The minimum atomic E-state index is -4.52. The van der Waals surface area contributed by atoms with Crippen molar-refractivity contribution in [2.75, 3.05) is 26.6 Å². The summed E-state index contributed by atoms with van der Waals surface area (Å²) in [5.41, 5.74) is 3.52. The van der Waals surface area contributed by atoms with Crippen molar-refractivity contribution in [2.45, 2.75) is 122 Å². The van der Waals surface area contributed by atoms with Crippen molar-refractivity contribution in [1.82, 2.24) is 34.8 Å². The predicted molar refractivity (Wildman–Crippen MR) is 290 cm³/mol. The first-order valence-corrected chi connectivity index (χ1v) is 27.3. The minimum Gasteiger partial charge on any atom is -0.497 e. The third-order valence-electron chi connectivity index (χ3n) is 12.8. The number of carbonyl (C=O) groups excluding carboxylic acids is 2. The molecule has 0 radical (unpaired) electrons. The predicted octanol–water partition coefficient (Wildman–Crippen LogP) is 11.4. The summed E-state index contributed by atoms with van der Waals surface area (Å²) in [5.74, 6) is 2.43. The second-order valence-corrected chi connectivity index (χ2v) is 23.6. The number of aromatic nitrogens is 5. The molecule has 17 nitrogen and oxygen atoms in total. The number of nitrogens with zero attached hydrogens (tertiary/aromatic N) is 6. The van der Waals surface area contributed by atoms with Crippen LogP contribution >= 0.6 is 11.3 Å². The van der Waals surface area contributed by atoms with Gasteiger partial charge in [0.2, 0.25) is 10.0 Å². The molecular formula is C56H66N8O9S2. The molecule has 0 saturated heterocycles. The number of carbonyl (C=O) groups is 2. The van der Waals surface area contributed by atoms with Gasteiger partial charge in [0.05, 0.1) is 43.0 Å². The summed E-state index contributed by atoms with van der Waals surface area (Å²) in [4.78, 5) is 30.8. The topological polar surface area (TPSA) is 198 Å². The molecule has 0 atom stereocenters. The monoisotopic (exact) mass is 1060 g/mol. The van der Waals surface area contributed by atoms with Gasteiger partial charge in [0, 0.05) is 30.3 Å². The van der Waals surface area contributed by atoms with Gasteiger partial charge in [-0.05, 0) is 167 Å². The van der Waals surface area contributed by atoms with Crippen LogP contribution in [0.5, 0.6) is 17.2 Å². The SMILES string of the molecule is COc1ccc(CN(Cc2ccc(OC)cc2)S(=O)(=O)c2c(CCC3CCC(NC(=O)OC(C)(C)C)CC3)ccc(-c3cccc4sc(NC(=O)OC(C)(C)C)nc34)c2-c2nnnn2Cc2ccc(OC)cc2)cc1. The van der Waals surface area contributed by atoms with E-state index in [0.717, 1.165) is 47.1 Å². The molecule has 19 heteroatoms. The van der Waals surface area contributed by atoms with E-state index in [2.05, 4.69) is 26.2 Å². The van der Waals surface area contributed by atoms with E-state index in [9.17, 15) is 9.59 Å². The third-order valence-corrected chi connectivity index (χ3v) is 15.7. The maximum Gasteiger partial charge on any atom is 0.413 e. The number of hydrogen-bond acceptors (Lipinski definition) is 14. The normalized spacial score (nSPS) is 15.1. The van der Waals surface area contributed by atoms with Gasteiger partial charge in [0.1, 0.15) is 28.5 Å². The number of ether oxygens (including phenoxy) is 5. The Bertz CT molecular complexity index is 3140. The van der Waals surface area contributed by atoms with Gasteiger partial charge in [-0.2, -0.15) is 4.31 Å². The first-order valence-electron chi connectivity index (χ1n) is 25.0. The van der Waals surface area contributed by atoms with E-state index in [-0.39, 0.29) is 42.3 Å². The Labute approximate surface area is 443 Å². The summed E-state index contributed by atoms with van der Waals surface area (Å²) < 4.78 is 64.4. The lowest BCUT2D eigenvalue weighted by atomic mass is 9.82. The van der Waals surface area contributed by atoms with Gasteiger partial charge in [0.15, 0.2) is 11.0 Å². The van der Waals surface area contributed by atoms with Crippen LogP contribution in [0.2, 0.25) is 0 Å². The molecule has 1 fully saturated rings. The number of sulfonamides is 1. The van der Waals surface area contributed by atoms with Crippen LogP contribution < -0.4 is 24.8 Å². The first-order chi connectivity index (χ1) is 35.8. The number of nitrogens with one attached hydrogen (secondary N) is 2. The smallest absolute Gasteiger partial charge is 0.413 e. The number of aryl methyl sites for hydroxylation is 1. The average molecular weight is 1060 g/mol. The lowest BCUT2D eigenvalue weighted by Gasteiger charge is -2.30. The third kappa shape index (κ3) is 13.8. The summed E-state index contributed by atoms with van der Waals surface area (Å²) >= 11 is 1.27. The van der Waals surface area contributed by atoms with Crippen LogP contribution in [0, 0.1) is 5.92 Å². The molecule has 7 aromatic rings. The summed E-state index contributed by atoms with van der Waals surface area (Å²) in [6, 6.07) is 31.7. The summed E-state index contributed by atoms with van der Waals surface area (Å²) in [5, 5.41) is 19.6. The summed E-state index contributed by atoms with van der Waals surface area (Å²) in [6.07, 6.45) is 3.19. The van der Waals surface area contributed by atoms with Gasteiger partial charge in [-0.15, -0.1) is 5.10 Å². The Morgan fingerprint density at radius 3 is 1.83 bits per heavy atom. The van der Waals surface area contributed by atoms with Crippen molar-refractivity contribution >= 4 is 48.9 Å². The lowest BCUT2D eigenvalue weighted by Crippen LogP contribution is -2.41. The fourth-order valence-electron chi connectivity index (χ4n) is 9.22. The molecule has 0 unspecified atom stereocenters. The zero-order valence-electron chi connectivity index (χ0n) is 44.0. The van der Waals surface area contributed by atoms with Crippen molar-refractivity contribution in [1.29, 1.82) is 0 Å². The van der Waals surface area contributed by atoms with E-state index in [4.69, 9.17) is 28.7 Å². The molecule has 5 aromatic carbocycles. The number of hydrogen-bond donors (Lipinski definition) is 2. The maximum absolute atomic E-state index is 16.5. The number of thiazole rings is 1. The van der Waals surface area contributed by atoms with Gasteiger partial charge < -0.3 is 29.0 Å². The Hall–Kier alpha value is -7.09. The Balaban J connectivity index is 1.30. The van der Waals surface area contributed by atoms with Gasteiger partial charge in [-0.1, -0.05) is 72.0 Å². The van der Waals surface area contributed by atoms with Crippen molar-refractivity contribution in [3.63, 3.8) is 0 Å². The van der Waals surface area contributed by atoms with Gasteiger partial charge in [0.25, 0.3) is 0 Å². The molecule has 2 heterocycles. The van der Waals surface area contributed by atoms with Crippen LogP contribution in [0.25, 0.3) is 32.7 Å². The molecule has 0 bridgehead atoms. The number of anilines is 1. The average Bonchev–Trinajstić information content (AvgIpc) is 4.01. The molecule has 2 aromatic heterocycles. The highest BCUT2D eigenvalue weighted by atomic mass is 32.2. The zero-order valence-corrected chi connectivity index (χ0v) is 45.6. The Morgan fingerprint density at radius 1 is 0.707 bits per heavy atom. The largest absolute Gasteiger partial charge is 0.497 e. The van der Waals surface area contributed by atoms with Gasteiger partial charge in [-0.25, -0.2) is 27.7 Å². The molecule has 0 aliphatic heterocycles. The van der Waals surface area contributed by atoms with E-state index in [1.807, 2.05) is 124 Å². The van der Waals surface area contributed by atoms with Gasteiger partial charge in [-0.3, -0.25) is 5.32 Å². The second kappa shape index (κ2) is 23.2. The fourth-order valence-corrected chi connectivity index (χ4v) is 12.0. The highest BCUT2D eigenvalue weighted by Gasteiger charge is 2.36. The van der Waals surface area contributed by atoms with Crippen LogP contribution in [0.3, 0.4) is 0 Å². The van der Waals surface area contributed by atoms with E-state index >= 15 is 8.42 Å². The van der Waals surface area contributed by atoms with Gasteiger partial charge >= 0.3 is 12.2 Å². The van der Waals surface area contributed by atoms with Crippen molar-refractivity contribution in [3.8, 4) is 39.8 Å². The summed E-state index contributed by atoms with van der Waals surface area (Å²) in [6.45, 7) is 11.1. The Morgan fingerprint density at radius 2 is 1.27 bits per heavy atom. The second-order valence-electron chi connectivity index (χ2n) is 20.7. The van der Waals surface area contributed by atoms with E-state index in [1.54, 1.807) is 46.8 Å². The molecule has 2 N–H and O–H groups in total. The van der Waals surface area contributed by atoms with Crippen molar-refractivity contribution in [3.05, 3.63) is 125 Å². The Kier molecular flexibility index (Phi) is 16.8. The molecule has 1 aliphatic carbocycles. The minimum absolute atomic E-state index is 0.00821. The van der Waals surface area contributed by atoms with Crippen LogP contribution in [0.15, 0.2) is 108 Å². The number of amides is 2. The van der Waals surface area contributed by atoms with Crippen LogP contribution in [-0.2, 0) is 45.6 Å². The molecule has 0 spiro atoms. The van der Waals surface area contributed by atoms with E-state index < -0.39 is 33.4 Å². The highest BCUT2D eigenvalue weighted by molar-refractivity contribution is 7.89. The molecule has 396 valence electrons. The number of fused-ring (bicyclic) bond motifs is 1. The number of para-hydroxylation sites is 1. The van der Waals surface area contributed by atoms with Crippen LogP contribution in [-0.4, -0.2) is 88.7 Å². The molecule has 8 rings (SSSR count). The van der Waals surface area contributed by atoms with Crippen molar-refractivity contribution in [2.24, 2.45) is 5.92 Å². The van der Waals surface area contributed by atoms with Crippen LogP contribution in [0.4, 0.5) is 14.7 Å². The maximum atomic E-state index is 16.5. The number of alkyl carbamates (subject to hydrolysis) is 1. The molecule has 1 aliphatic rings. The fraction of sp³-hybridized carbons (Fsp3) is 0.393. The molecular weight excluding hydrogens is 993 g/mol. The van der Waals surface area contributed by atoms with Crippen molar-refractivity contribution < 1.29 is 41.7 Å². The number of tetrazole rings is 1. The zero-order chi connectivity index (χ0) is 53.5. The molecule has 1 saturated carbocycles.